The number of nitrogens with one attached hydrogen (secondary N) is 1. The van der Waals surface area contributed by atoms with Gasteiger partial charge >= 0.3 is 12.2 Å². The molecule has 0 aromatic heterocycles. The van der Waals surface area contributed by atoms with E-state index in [1.165, 1.54) is 17.0 Å². The van der Waals surface area contributed by atoms with Crippen molar-refractivity contribution < 1.29 is 22.7 Å². The average Bonchev–Trinajstić information content (AvgIpc) is 2.40. The third-order valence-electron chi connectivity index (χ3n) is 2.83. The Labute approximate surface area is 122 Å². The molecule has 110 valence electrons. The van der Waals surface area contributed by atoms with Gasteiger partial charge in [-0.25, -0.2) is 4.79 Å². The first-order chi connectivity index (χ1) is 9.38. The van der Waals surface area contributed by atoms with Gasteiger partial charge in [-0.15, -0.1) is 0 Å². The summed E-state index contributed by atoms with van der Waals surface area (Å²) in [7, 11) is 0. The zero-order valence-corrected chi connectivity index (χ0v) is 11.9. The summed E-state index contributed by atoms with van der Waals surface area (Å²) in [6.45, 7) is 1.51. The Hall–Kier alpha value is -1.28. The molecule has 2 amide bonds. The second kappa shape index (κ2) is 6.01. The van der Waals surface area contributed by atoms with Gasteiger partial charge in [-0.2, -0.15) is 13.2 Å². The van der Waals surface area contributed by atoms with Crippen LogP contribution in [0.4, 0.5) is 23.7 Å². The molecule has 0 aliphatic carbocycles. The number of amides is 2. The fourth-order valence-electron chi connectivity index (χ4n) is 1.82. The smallest absolute Gasteiger partial charge is 0.378 e. The lowest BCUT2D eigenvalue weighted by atomic mass is 10.1. The zero-order valence-electron chi connectivity index (χ0n) is 10.3. The van der Waals surface area contributed by atoms with E-state index in [4.69, 9.17) is 4.74 Å². The number of morpholine rings is 1. The Morgan fingerprint density at radius 3 is 2.55 bits per heavy atom. The number of carbonyl (C=O) groups is 1. The van der Waals surface area contributed by atoms with E-state index in [-0.39, 0.29) is 5.69 Å². The second-order valence-electron chi connectivity index (χ2n) is 4.22. The van der Waals surface area contributed by atoms with Gasteiger partial charge in [-0.3, -0.25) is 0 Å². The number of hydrogen-bond acceptors (Lipinski definition) is 2. The number of benzene rings is 1. The molecule has 1 aromatic carbocycles. The highest BCUT2D eigenvalue weighted by atomic mass is 79.9. The maximum atomic E-state index is 12.9. The number of urea groups is 1. The Bertz CT molecular complexity index is 502. The van der Waals surface area contributed by atoms with E-state index >= 15 is 0 Å². The molecule has 0 saturated carbocycles. The number of alkyl halides is 3. The van der Waals surface area contributed by atoms with E-state index in [0.717, 1.165) is 6.07 Å². The lowest BCUT2D eigenvalue weighted by molar-refractivity contribution is -0.137. The van der Waals surface area contributed by atoms with E-state index < -0.39 is 17.8 Å². The molecule has 20 heavy (non-hydrogen) atoms. The first kappa shape index (κ1) is 15.1. The van der Waals surface area contributed by atoms with Crippen LogP contribution in [0.2, 0.25) is 0 Å². The molecule has 1 aromatic rings. The van der Waals surface area contributed by atoms with Crippen LogP contribution in [0.25, 0.3) is 0 Å². The maximum Gasteiger partial charge on any atom is 0.418 e. The van der Waals surface area contributed by atoms with E-state index in [2.05, 4.69) is 21.2 Å². The fraction of sp³-hybridized carbons (Fsp3) is 0.417. The molecular weight excluding hydrogens is 341 g/mol. The van der Waals surface area contributed by atoms with Gasteiger partial charge < -0.3 is 15.0 Å². The predicted molar refractivity (Wildman–Crippen MR) is 70.6 cm³/mol. The lowest BCUT2D eigenvalue weighted by Crippen LogP contribution is -2.43. The minimum Gasteiger partial charge on any atom is -0.378 e. The Morgan fingerprint density at radius 1 is 1.30 bits per heavy atom. The monoisotopic (exact) mass is 352 g/mol. The third kappa shape index (κ3) is 3.63. The number of nitrogens with zero attached hydrogens (tertiary/aromatic N) is 1. The minimum atomic E-state index is -4.53. The topological polar surface area (TPSA) is 41.6 Å². The van der Waals surface area contributed by atoms with Gasteiger partial charge in [-0.05, 0) is 18.2 Å². The van der Waals surface area contributed by atoms with Gasteiger partial charge in [0.2, 0.25) is 0 Å². The summed E-state index contributed by atoms with van der Waals surface area (Å²) in [5, 5.41) is 2.30. The molecule has 4 nitrogen and oxygen atoms in total. The van der Waals surface area contributed by atoms with E-state index in [1.54, 1.807) is 0 Å². The highest BCUT2D eigenvalue weighted by Crippen LogP contribution is 2.36. The van der Waals surface area contributed by atoms with Crippen molar-refractivity contribution in [1.82, 2.24) is 4.90 Å². The van der Waals surface area contributed by atoms with Gasteiger partial charge in [0, 0.05) is 17.6 Å². The number of ether oxygens (including phenoxy) is 1. The molecule has 1 aliphatic heterocycles. The summed E-state index contributed by atoms with van der Waals surface area (Å²) >= 11 is 2.99. The molecule has 0 radical (unpaired) electrons. The Morgan fingerprint density at radius 2 is 1.95 bits per heavy atom. The quantitative estimate of drug-likeness (QED) is 0.842. The highest BCUT2D eigenvalue weighted by molar-refractivity contribution is 9.10. The van der Waals surface area contributed by atoms with Crippen LogP contribution in [-0.4, -0.2) is 37.2 Å². The van der Waals surface area contributed by atoms with Crippen molar-refractivity contribution in [3.63, 3.8) is 0 Å². The third-order valence-corrected chi connectivity index (χ3v) is 3.32. The van der Waals surface area contributed by atoms with Crippen LogP contribution < -0.4 is 5.32 Å². The van der Waals surface area contributed by atoms with Gasteiger partial charge in [0.15, 0.2) is 0 Å². The number of carbonyl (C=O) groups excluding carboxylic acids is 1. The summed E-state index contributed by atoms with van der Waals surface area (Å²) in [5.74, 6) is 0. The molecule has 0 bridgehead atoms. The lowest BCUT2D eigenvalue weighted by Gasteiger charge is -2.27. The van der Waals surface area contributed by atoms with Crippen LogP contribution in [-0.2, 0) is 10.9 Å². The summed E-state index contributed by atoms with van der Waals surface area (Å²) in [4.78, 5) is 13.3. The van der Waals surface area contributed by atoms with E-state index in [0.29, 0.717) is 30.8 Å². The van der Waals surface area contributed by atoms with E-state index in [1.807, 2.05) is 0 Å². The number of halogens is 4. The van der Waals surface area contributed by atoms with E-state index in [9.17, 15) is 18.0 Å². The van der Waals surface area contributed by atoms with Crippen LogP contribution >= 0.6 is 15.9 Å². The van der Waals surface area contributed by atoms with Crippen LogP contribution in [0, 0.1) is 0 Å². The largest absolute Gasteiger partial charge is 0.418 e. The van der Waals surface area contributed by atoms with Crippen LogP contribution in [0.15, 0.2) is 22.7 Å². The maximum absolute atomic E-state index is 12.9. The van der Waals surface area contributed by atoms with Gasteiger partial charge in [-0.1, -0.05) is 15.9 Å². The van der Waals surface area contributed by atoms with Gasteiger partial charge in [0.1, 0.15) is 0 Å². The van der Waals surface area contributed by atoms with Crippen molar-refractivity contribution in [2.45, 2.75) is 6.18 Å². The molecule has 8 heteroatoms. The SMILES string of the molecule is O=C(Nc1ccc(Br)cc1C(F)(F)F)N1CCOCC1. The summed E-state index contributed by atoms with van der Waals surface area (Å²) < 4.78 is 44.1. The number of hydrogen-bond donors (Lipinski definition) is 1. The summed E-state index contributed by atoms with van der Waals surface area (Å²) in [6, 6.07) is 3.06. The minimum absolute atomic E-state index is 0.253. The number of anilines is 1. The summed E-state index contributed by atoms with van der Waals surface area (Å²) in [5.41, 5.74) is -1.13. The average molecular weight is 353 g/mol. The highest BCUT2D eigenvalue weighted by Gasteiger charge is 2.34. The standard InChI is InChI=1S/C12H12BrF3N2O2/c13-8-1-2-10(9(7-8)12(14,15)16)17-11(19)18-3-5-20-6-4-18/h1-2,7H,3-6H2,(H,17,19). The van der Waals surface area contributed by atoms with Crippen molar-refractivity contribution >= 4 is 27.6 Å². The van der Waals surface area contributed by atoms with Crippen molar-refractivity contribution in [2.24, 2.45) is 0 Å². The van der Waals surface area contributed by atoms with Crippen molar-refractivity contribution in [3.8, 4) is 0 Å². The molecule has 2 rings (SSSR count). The van der Waals surface area contributed by atoms with Gasteiger partial charge in [0.25, 0.3) is 0 Å². The van der Waals surface area contributed by atoms with Crippen LogP contribution in [0.3, 0.4) is 0 Å². The molecule has 0 unspecified atom stereocenters. The fourth-order valence-corrected chi connectivity index (χ4v) is 2.18. The molecule has 1 aliphatic rings. The van der Waals surface area contributed by atoms with Crippen molar-refractivity contribution in [1.29, 1.82) is 0 Å². The summed E-state index contributed by atoms with van der Waals surface area (Å²) in [6.07, 6.45) is -4.53. The molecule has 0 spiro atoms. The second-order valence-corrected chi connectivity index (χ2v) is 5.13. The van der Waals surface area contributed by atoms with Crippen LogP contribution in [0.5, 0.6) is 0 Å². The Balaban J connectivity index is 2.18. The normalized spacial score (nSPS) is 16.1. The van der Waals surface area contributed by atoms with Crippen LogP contribution in [0.1, 0.15) is 5.56 Å². The number of rotatable bonds is 1. The zero-order chi connectivity index (χ0) is 14.8. The first-order valence-corrected chi connectivity index (χ1v) is 6.67. The molecule has 1 saturated heterocycles. The molecule has 0 atom stereocenters. The molecule has 1 N–H and O–H groups in total. The molecular formula is C12H12BrF3N2O2. The Kier molecular flexibility index (Phi) is 4.54. The van der Waals surface area contributed by atoms with Crippen molar-refractivity contribution in [2.75, 3.05) is 31.6 Å². The molecule has 1 heterocycles. The first-order valence-electron chi connectivity index (χ1n) is 5.88. The molecule has 1 fully saturated rings. The van der Waals surface area contributed by atoms with Crippen molar-refractivity contribution in [3.05, 3.63) is 28.2 Å². The predicted octanol–water partition coefficient (Wildman–Crippen LogP) is 3.33. The van der Waals surface area contributed by atoms with Gasteiger partial charge in [0.05, 0.1) is 24.5 Å².